The number of nitrogens with two attached hydrogens (primary N) is 1. The predicted molar refractivity (Wildman–Crippen MR) is 65.9 cm³/mol. The molecule has 17 heavy (non-hydrogen) atoms. The molecular weight excluding hydrogens is 218 g/mol. The number of nitrogen functional groups attached to an aromatic ring is 1. The molecule has 5 heteroatoms. The summed E-state index contributed by atoms with van der Waals surface area (Å²) in [5.41, 5.74) is 6.70. The van der Waals surface area contributed by atoms with E-state index in [0.29, 0.717) is 19.5 Å². The van der Waals surface area contributed by atoms with Gasteiger partial charge in [-0.2, -0.15) is 5.26 Å². The van der Waals surface area contributed by atoms with E-state index in [1.165, 1.54) is 0 Å². The van der Waals surface area contributed by atoms with Crippen molar-refractivity contribution in [2.75, 3.05) is 23.7 Å². The lowest BCUT2D eigenvalue weighted by molar-refractivity contribution is 0.0698. The molecule has 0 saturated heterocycles. The summed E-state index contributed by atoms with van der Waals surface area (Å²) in [6.45, 7) is 3.24. The Morgan fingerprint density at radius 1 is 1.59 bits per heavy atom. The van der Waals surface area contributed by atoms with Gasteiger partial charge in [-0.25, -0.2) is 4.79 Å². The van der Waals surface area contributed by atoms with Crippen LogP contribution in [0.1, 0.15) is 23.7 Å². The third kappa shape index (κ3) is 3.11. The highest BCUT2D eigenvalue weighted by molar-refractivity contribution is 5.94. The van der Waals surface area contributed by atoms with Gasteiger partial charge in [0, 0.05) is 24.5 Å². The first kappa shape index (κ1) is 12.8. The fraction of sp³-hybridized carbons (Fsp3) is 0.333. The summed E-state index contributed by atoms with van der Waals surface area (Å²) in [7, 11) is 0. The van der Waals surface area contributed by atoms with Crippen LogP contribution in [0.15, 0.2) is 18.2 Å². The first-order valence-corrected chi connectivity index (χ1v) is 5.34. The van der Waals surface area contributed by atoms with Gasteiger partial charge in [0.25, 0.3) is 0 Å². The second kappa shape index (κ2) is 5.75. The van der Waals surface area contributed by atoms with Gasteiger partial charge in [0.05, 0.1) is 18.1 Å². The highest BCUT2D eigenvalue weighted by Crippen LogP contribution is 2.21. The number of aromatic carboxylic acids is 1. The second-order valence-electron chi connectivity index (χ2n) is 3.56. The van der Waals surface area contributed by atoms with Crippen molar-refractivity contribution < 1.29 is 9.90 Å². The van der Waals surface area contributed by atoms with E-state index in [9.17, 15) is 4.79 Å². The van der Waals surface area contributed by atoms with Crippen molar-refractivity contribution in [1.29, 1.82) is 5.26 Å². The maximum absolute atomic E-state index is 10.9. The van der Waals surface area contributed by atoms with E-state index >= 15 is 0 Å². The summed E-state index contributed by atoms with van der Waals surface area (Å²) in [6, 6.07) is 6.95. The first-order chi connectivity index (χ1) is 8.10. The van der Waals surface area contributed by atoms with Crippen molar-refractivity contribution in [3.05, 3.63) is 23.8 Å². The molecule has 0 atom stereocenters. The van der Waals surface area contributed by atoms with Crippen LogP contribution in [0.4, 0.5) is 11.4 Å². The van der Waals surface area contributed by atoms with Crippen LogP contribution >= 0.6 is 0 Å². The predicted octanol–water partition coefficient (Wildman–Crippen LogP) is 1.71. The summed E-state index contributed by atoms with van der Waals surface area (Å²) in [6.07, 6.45) is 0.403. The van der Waals surface area contributed by atoms with Gasteiger partial charge in [0.2, 0.25) is 0 Å². The fourth-order valence-electron chi connectivity index (χ4n) is 1.58. The van der Waals surface area contributed by atoms with E-state index in [1.54, 1.807) is 18.2 Å². The maximum Gasteiger partial charge on any atom is 0.337 e. The Labute approximate surface area is 100 Å². The maximum atomic E-state index is 10.9. The van der Waals surface area contributed by atoms with Crippen molar-refractivity contribution in [3.63, 3.8) is 0 Å². The number of anilines is 2. The number of hydrogen-bond donors (Lipinski definition) is 2. The molecular formula is C12H15N3O2. The monoisotopic (exact) mass is 233 g/mol. The third-order valence-corrected chi connectivity index (χ3v) is 2.51. The molecule has 0 bridgehead atoms. The molecule has 0 spiro atoms. The first-order valence-electron chi connectivity index (χ1n) is 5.34. The third-order valence-electron chi connectivity index (χ3n) is 2.51. The Morgan fingerprint density at radius 3 is 2.82 bits per heavy atom. The van der Waals surface area contributed by atoms with Gasteiger partial charge in [0.1, 0.15) is 0 Å². The average Bonchev–Trinajstić information content (AvgIpc) is 2.31. The molecule has 0 radical (unpaired) electrons. The zero-order chi connectivity index (χ0) is 12.8. The molecule has 0 aliphatic rings. The van der Waals surface area contributed by atoms with E-state index in [-0.39, 0.29) is 11.3 Å². The Balaban J connectivity index is 3.01. The van der Waals surface area contributed by atoms with Crippen LogP contribution < -0.4 is 10.6 Å². The minimum atomic E-state index is -1.04. The highest BCUT2D eigenvalue weighted by Gasteiger charge is 2.11. The van der Waals surface area contributed by atoms with Gasteiger partial charge in [0.15, 0.2) is 0 Å². The standard InChI is InChI=1S/C12H15N3O2/c1-2-15(7-3-6-13)9-4-5-11(14)10(8-9)12(16)17/h4-5,8H,2-3,7,14H2,1H3,(H,16,17). The van der Waals surface area contributed by atoms with Crippen LogP contribution in [0, 0.1) is 11.3 Å². The highest BCUT2D eigenvalue weighted by atomic mass is 16.4. The topological polar surface area (TPSA) is 90.4 Å². The Bertz CT molecular complexity index is 452. The van der Waals surface area contributed by atoms with Crippen molar-refractivity contribution in [2.24, 2.45) is 0 Å². The molecule has 0 saturated carbocycles. The number of hydrogen-bond acceptors (Lipinski definition) is 4. The van der Waals surface area contributed by atoms with E-state index in [4.69, 9.17) is 16.1 Å². The van der Waals surface area contributed by atoms with Crippen molar-refractivity contribution in [3.8, 4) is 6.07 Å². The Hall–Kier alpha value is -2.22. The van der Waals surface area contributed by atoms with Gasteiger partial charge in [-0.05, 0) is 25.1 Å². The molecule has 0 aromatic heterocycles. The lowest BCUT2D eigenvalue weighted by atomic mass is 10.1. The molecule has 90 valence electrons. The summed E-state index contributed by atoms with van der Waals surface area (Å²) in [4.78, 5) is 12.9. The van der Waals surface area contributed by atoms with Crippen LogP contribution in [0.25, 0.3) is 0 Å². The van der Waals surface area contributed by atoms with Gasteiger partial charge >= 0.3 is 5.97 Å². The summed E-state index contributed by atoms with van der Waals surface area (Å²) >= 11 is 0. The van der Waals surface area contributed by atoms with Crippen LogP contribution in [0.5, 0.6) is 0 Å². The lowest BCUT2D eigenvalue weighted by Gasteiger charge is -2.22. The van der Waals surface area contributed by atoms with E-state index in [2.05, 4.69) is 6.07 Å². The van der Waals surface area contributed by atoms with E-state index in [1.807, 2.05) is 11.8 Å². The van der Waals surface area contributed by atoms with Gasteiger partial charge in [-0.15, -0.1) is 0 Å². The molecule has 0 fully saturated rings. The van der Waals surface area contributed by atoms with E-state index < -0.39 is 5.97 Å². The molecule has 5 nitrogen and oxygen atoms in total. The van der Waals surface area contributed by atoms with Crippen LogP contribution in [-0.2, 0) is 0 Å². The number of rotatable bonds is 5. The second-order valence-corrected chi connectivity index (χ2v) is 3.56. The largest absolute Gasteiger partial charge is 0.478 e. The number of carboxylic acid groups (broad SMARTS) is 1. The number of carboxylic acids is 1. The van der Waals surface area contributed by atoms with Crippen molar-refractivity contribution in [2.45, 2.75) is 13.3 Å². The number of benzene rings is 1. The number of carbonyl (C=O) groups is 1. The molecule has 0 aliphatic heterocycles. The van der Waals surface area contributed by atoms with E-state index in [0.717, 1.165) is 5.69 Å². The molecule has 0 amide bonds. The minimum absolute atomic E-state index is 0.0953. The van der Waals surface area contributed by atoms with Crippen molar-refractivity contribution >= 4 is 17.3 Å². The zero-order valence-electron chi connectivity index (χ0n) is 9.68. The SMILES string of the molecule is CCN(CCC#N)c1ccc(N)c(C(=O)O)c1. The molecule has 0 aliphatic carbocycles. The number of nitrogens with zero attached hydrogens (tertiary/aromatic N) is 2. The van der Waals surface area contributed by atoms with Gasteiger partial charge in [-0.1, -0.05) is 0 Å². The minimum Gasteiger partial charge on any atom is -0.478 e. The van der Waals surface area contributed by atoms with Crippen molar-refractivity contribution in [1.82, 2.24) is 0 Å². The average molecular weight is 233 g/mol. The lowest BCUT2D eigenvalue weighted by Crippen LogP contribution is -2.24. The quantitative estimate of drug-likeness (QED) is 0.755. The van der Waals surface area contributed by atoms with Gasteiger partial charge < -0.3 is 15.7 Å². The smallest absolute Gasteiger partial charge is 0.337 e. The Kier molecular flexibility index (Phi) is 4.35. The summed E-state index contributed by atoms with van der Waals surface area (Å²) in [5, 5.41) is 17.5. The van der Waals surface area contributed by atoms with Crippen LogP contribution in [0.2, 0.25) is 0 Å². The summed E-state index contributed by atoms with van der Waals surface area (Å²) in [5.74, 6) is -1.04. The molecule has 3 N–H and O–H groups in total. The molecule has 0 unspecified atom stereocenters. The number of nitriles is 1. The summed E-state index contributed by atoms with van der Waals surface area (Å²) < 4.78 is 0. The van der Waals surface area contributed by atoms with Gasteiger partial charge in [-0.3, -0.25) is 0 Å². The molecule has 0 heterocycles. The molecule has 1 aromatic carbocycles. The molecule has 1 aromatic rings. The Morgan fingerprint density at radius 2 is 2.29 bits per heavy atom. The molecule has 1 rings (SSSR count). The fourth-order valence-corrected chi connectivity index (χ4v) is 1.58. The van der Waals surface area contributed by atoms with Crippen LogP contribution in [0.3, 0.4) is 0 Å². The zero-order valence-corrected chi connectivity index (χ0v) is 9.68. The normalized spacial score (nSPS) is 9.65. The van der Waals surface area contributed by atoms with Crippen LogP contribution in [-0.4, -0.2) is 24.2 Å².